The molecule has 0 atom stereocenters. The summed E-state index contributed by atoms with van der Waals surface area (Å²) in [6, 6.07) is 10.4. The fourth-order valence-corrected chi connectivity index (χ4v) is 3.93. The normalized spacial score (nSPS) is 11.4. The van der Waals surface area contributed by atoms with Crippen LogP contribution in [0.2, 0.25) is 0 Å². The number of alkyl halides is 2. The number of sulfonamides is 1. The highest BCUT2D eigenvalue weighted by atomic mass is 32.2. The summed E-state index contributed by atoms with van der Waals surface area (Å²) in [6.07, 6.45) is -2.74. The Kier molecular flexibility index (Phi) is 8.13. The van der Waals surface area contributed by atoms with Crippen LogP contribution in [0.5, 0.6) is 5.75 Å². The van der Waals surface area contributed by atoms with Gasteiger partial charge >= 0.3 is 0 Å². The van der Waals surface area contributed by atoms with Crippen LogP contribution in [0.25, 0.3) is 0 Å². The first-order valence-electron chi connectivity index (χ1n) is 9.02. The van der Waals surface area contributed by atoms with Gasteiger partial charge in [0.05, 0.1) is 20.3 Å². The van der Waals surface area contributed by atoms with Crippen LogP contribution in [0, 0.1) is 6.92 Å². The second-order valence-electron chi connectivity index (χ2n) is 6.47. The predicted molar refractivity (Wildman–Crippen MR) is 109 cm³/mol. The summed E-state index contributed by atoms with van der Waals surface area (Å²) >= 11 is 0. The first-order valence-corrected chi connectivity index (χ1v) is 10.5. The van der Waals surface area contributed by atoms with E-state index < -0.39 is 28.9 Å². The lowest BCUT2D eigenvalue weighted by atomic mass is 10.2. The maximum atomic E-state index is 12.9. The van der Waals surface area contributed by atoms with Gasteiger partial charge < -0.3 is 14.4 Å². The molecule has 0 bridgehead atoms. The molecular weight excluding hydrogens is 418 g/mol. The number of halogens is 2. The fourth-order valence-electron chi connectivity index (χ4n) is 2.68. The Balaban J connectivity index is 2.39. The van der Waals surface area contributed by atoms with Crippen LogP contribution in [0.4, 0.5) is 14.5 Å². The van der Waals surface area contributed by atoms with Gasteiger partial charge in [0.25, 0.3) is 22.4 Å². The first-order chi connectivity index (χ1) is 14.2. The van der Waals surface area contributed by atoms with Crippen LogP contribution in [-0.2, 0) is 14.8 Å². The number of nitrogens with one attached hydrogen (secondary N) is 1. The van der Waals surface area contributed by atoms with Crippen LogP contribution in [0.1, 0.15) is 15.9 Å². The summed E-state index contributed by atoms with van der Waals surface area (Å²) in [5.41, 5.74) is 1.23. The largest absolute Gasteiger partial charge is 0.495 e. The number of amides is 1. The van der Waals surface area contributed by atoms with Gasteiger partial charge in [-0.3, -0.25) is 9.52 Å². The Morgan fingerprint density at radius 3 is 2.37 bits per heavy atom. The zero-order chi connectivity index (χ0) is 22.3. The first kappa shape index (κ1) is 23.6. The number of anilines is 1. The minimum absolute atomic E-state index is 0.0171. The molecule has 2 rings (SSSR count). The van der Waals surface area contributed by atoms with Crippen LogP contribution in [0.3, 0.4) is 0 Å². The molecule has 0 heterocycles. The standard InChI is InChI=1S/C20H24F2N2O5S/c1-14-4-7-16(8-5-14)23-30(26,27)18-12-15(6-9-17(18)29-3)20(25)24(10-11-28-2)13-19(21)22/h4-9,12,19,23H,10-11,13H2,1-3H3. The molecular formula is C20H24F2N2O5S. The van der Waals surface area contributed by atoms with E-state index in [9.17, 15) is 22.0 Å². The number of nitrogens with zero attached hydrogens (tertiary/aromatic N) is 1. The molecule has 0 aliphatic rings. The smallest absolute Gasteiger partial charge is 0.265 e. The van der Waals surface area contributed by atoms with Crippen LogP contribution in [0.15, 0.2) is 47.4 Å². The number of carbonyl (C=O) groups is 1. The summed E-state index contributed by atoms with van der Waals surface area (Å²) in [5, 5.41) is 0. The third kappa shape index (κ3) is 6.14. The van der Waals surface area contributed by atoms with Crippen molar-refractivity contribution in [3.63, 3.8) is 0 Å². The van der Waals surface area contributed by atoms with Gasteiger partial charge in [-0.25, -0.2) is 17.2 Å². The number of benzene rings is 2. The fraction of sp³-hybridized carbons (Fsp3) is 0.350. The summed E-state index contributed by atoms with van der Waals surface area (Å²) < 4.78 is 64.0. The Morgan fingerprint density at radius 2 is 1.80 bits per heavy atom. The number of ether oxygens (including phenoxy) is 2. The average molecular weight is 442 g/mol. The van der Waals surface area contributed by atoms with E-state index in [-0.39, 0.29) is 29.4 Å². The lowest BCUT2D eigenvalue weighted by Gasteiger charge is -2.22. The van der Waals surface area contributed by atoms with E-state index in [0.29, 0.717) is 5.69 Å². The van der Waals surface area contributed by atoms with Crippen LogP contribution >= 0.6 is 0 Å². The van der Waals surface area contributed by atoms with E-state index in [1.54, 1.807) is 24.3 Å². The van der Waals surface area contributed by atoms with E-state index in [1.165, 1.54) is 26.4 Å². The Hall–Kier alpha value is -2.72. The lowest BCUT2D eigenvalue weighted by Crippen LogP contribution is -2.37. The summed E-state index contributed by atoms with van der Waals surface area (Å²) in [5.74, 6) is -0.717. The zero-order valence-corrected chi connectivity index (χ0v) is 17.7. The zero-order valence-electron chi connectivity index (χ0n) is 16.9. The molecule has 0 aromatic heterocycles. The third-order valence-electron chi connectivity index (χ3n) is 4.21. The van der Waals surface area contributed by atoms with E-state index in [1.807, 2.05) is 6.92 Å². The van der Waals surface area contributed by atoms with Crippen LogP contribution < -0.4 is 9.46 Å². The van der Waals surface area contributed by atoms with Gasteiger partial charge in [-0.15, -0.1) is 0 Å². The van der Waals surface area contributed by atoms with E-state index in [2.05, 4.69) is 4.72 Å². The van der Waals surface area contributed by atoms with E-state index in [4.69, 9.17) is 9.47 Å². The molecule has 0 spiro atoms. The predicted octanol–water partition coefficient (Wildman–Crippen LogP) is 3.16. The average Bonchev–Trinajstić information content (AvgIpc) is 2.71. The molecule has 10 heteroatoms. The minimum Gasteiger partial charge on any atom is -0.495 e. The molecule has 1 amide bonds. The number of hydrogen-bond donors (Lipinski definition) is 1. The van der Waals surface area contributed by atoms with Crippen molar-refractivity contribution in [3.05, 3.63) is 53.6 Å². The van der Waals surface area contributed by atoms with Gasteiger partial charge in [0.1, 0.15) is 10.6 Å². The molecule has 0 saturated heterocycles. The van der Waals surface area contributed by atoms with E-state index in [0.717, 1.165) is 16.5 Å². The highest BCUT2D eigenvalue weighted by Crippen LogP contribution is 2.28. The topological polar surface area (TPSA) is 84.9 Å². The molecule has 0 aliphatic heterocycles. The van der Waals surface area contributed by atoms with Gasteiger partial charge in [0.2, 0.25) is 0 Å². The van der Waals surface area contributed by atoms with Gasteiger partial charge in [0, 0.05) is 24.9 Å². The van der Waals surface area contributed by atoms with Crippen molar-refractivity contribution in [2.24, 2.45) is 0 Å². The van der Waals surface area contributed by atoms with E-state index >= 15 is 0 Å². The second kappa shape index (κ2) is 10.4. The Morgan fingerprint density at radius 1 is 1.13 bits per heavy atom. The molecule has 0 fully saturated rings. The Bertz CT molecular complexity index is 966. The quantitative estimate of drug-likeness (QED) is 0.611. The van der Waals surface area contributed by atoms with Gasteiger partial charge in [-0.05, 0) is 37.3 Å². The molecule has 30 heavy (non-hydrogen) atoms. The van der Waals surface area contributed by atoms with Gasteiger partial charge in [0.15, 0.2) is 0 Å². The molecule has 2 aromatic rings. The highest BCUT2D eigenvalue weighted by molar-refractivity contribution is 7.92. The number of methoxy groups -OCH3 is 2. The van der Waals surface area contributed by atoms with Crippen molar-refractivity contribution < 1.29 is 31.5 Å². The summed E-state index contributed by atoms with van der Waals surface area (Å²) in [4.78, 5) is 13.4. The van der Waals surface area contributed by atoms with Crippen molar-refractivity contribution in [2.75, 3.05) is 38.6 Å². The van der Waals surface area contributed by atoms with Crippen molar-refractivity contribution >= 4 is 21.6 Å². The summed E-state index contributed by atoms with van der Waals surface area (Å²) in [6.45, 7) is 1.08. The Labute approximate surface area is 174 Å². The number of rotatable bonds is 10. The maximum absolute atomic E-state index is 12.9. The summed E-state index contributed by atoms with van der Waals surface area (Å²) in [7, 11) is -1.43. The minimum atomic E-state index is -4.11. The molecule has 1 N–H and O–H groups in total. The third-order valence-corrected chi connectivity index (χ3v) is 5.62. The monoisotopic (exact) mass is 442 g/mol. The second-order valence-corrected chi connectivity index (χ2v) is 8.12. The molecule has 0 unspecified atom stereocenters. The van der Waals surface area contributed by atoms with Crippen molar-refractivity contribution in [1.82, 2.24) is 4.90 Å². The van der Waals surface area contributed by atoms with Crippen LogP contribution in [-0.4, -0.2) is 59.6 Å². The van der Waals surface area contributed by atoms with Crippen molar-refractivity contribution in [3.8, 4) is 5.75 Å². The van der Waals surface area contributed by atoms with Crippen molar-refractivity contribution in [2.45, 2.75) is 18.2 Å². The SMILES string of the molecule is COCCN(CC(F)F)C(=O)c1ccc(OC)c(S(=O)(=O)Nc2ccc(C)cc2)c1. The molecule has 7 nitrogen and oxygen atoms in total. The van der Waals surface area contributed by atoms with Crippen molar-refractivity contribution in [1.29, 1.82) is 0 Å². The number of aryl methyl sites for hydroxylation is 1. The lowest BCUT2D eigenvalue weighted by molar-refractivity contribution is 0.0478. The molecule has 0 radical (unpaired) electrons. The molecule has 0 aliphatic carbocycles. The van der Waals surface area contributed by atoms with Gasteiger partial charge in [-0.2, -0.15) is 0 Å². The number of hydrogen-bond acceptors (Lipinski definition) is 5. The molecule has 164 valence electrons. The maximum Gasteiger partial charge on any atom is 0.265 e. The molecule has 0 saturated carbocycles. The molecule has 2 aromatic carbocycles. The van der Waals surface area contributed by atoms with Gasteiger partial charge in [-0.1, -0.05) is 17.7 Å². The highest BCUT2D eigenvalue weighted by Gasteiger charge is 2.25. The number of carbonyl (C=O) groups excluding carboxylic acids is 1.